The first-order valence-electron chi connectivity index (χ1n) is 6.78. The van der Waals surface area contributed by atoms with Crippen LogP contribution in [0.1, 0.15) is 18.7 Å². The molecular formula is C14H19ClN4O2. The van der Waals surface area contributed by atoms with E-state index >= 15 is 0 Å². The number of ether oxygens (including phenoxy) is 1. The van der Waals surface area contributed by atoms with Gasteiger partial charge >= 0.3 is 0 Å². The van der Waals surface area contributed by atoms with Gasteiger partial charge in [-0.1, -0.05) is 5.16 Å². The quantitative estimate of drug-likeness (QED) is 0.928. The molecule has 0 aliphatic carbocycles. The number of nitrogens with zero attached hydrogens (tertiary/aromatic N) is 3. The summed E-state index contributed by atoms with van der Waals surface area (Å²) in [5, 5.41) is 7.45. The molecule has 3 heterocycles. The van der Waals surface area contributed by atoms with Crippen molar-refractivity contribution in [1.82, 2.24) is 20.4 Å². The Morgan fingerprint density at radius 1 is 1.29 bits per heavy atom. The van der Waals surface area contributed by atoms with Gasteiger partial charge in [0.25, 0.3) is 0 Å². The maximum Gasteiger partial charge on any atom is 0.235 e. The summed E-state index contributed by atoms with van der Waals surface area (Å²) in [6.45, 7) is 2.49. The van der Waals surface area contributed by atoms with E-state index in [2.05, 4.69) is 20.4 Å². The van der Waals surface area contributed by atoms with Gasteiger partial charge in [0.05, 0.1) is 12.0 Å². The standard InChI is InChI=1S/C14H18N4O2.ClH/c1-19-10-14(4-8-16-9-5-14)13-17-12(18-20-13)11-2-6-15-7-3-11;/h2-3,6-7,16H,4-5,8-10H2,1H3;1H. The summed E-state index contributed by atoms with van der Waals surface area (Å²) < 4.78 is 10.9. The first kappa shape index (κ1) is 15.9. The lowest BCUT2D eigenvalue weighted by molar-refractivity contribution is 0.0850. The summed E-state index contributed by atoms with van der Waals surface area (Å²) in [7, 11) is 1.71. The SMILES string of the molecule is COCC1(c2nc(-c3ccncc3)no2)CCNCC1.Cl. The molecule has 114 valence electrons. The number of nitrogens with one attached hydrogen (secondary N) is 1. The average molecular weight is 311 g/mol. The Morgan fingerprint density at radius 2 is 2.00 bits per heavy atom. The molecule has 2 aromatic rings. The molecule has 0 amide bonds. The molecule has 0 radical (unpaired) electrons. The van der Waals surface area contributed by atoms with Crippen LogP contribution in [-0.4, -0.2) is 41.9 Å². The summed E-state index contributed by atoms with van der Waals surface area (Å²) in [4.78, 5) is 8.58. The fourth-order valence-electron chi connectivity index (χ4n) is 2.66. The summed E-state index contributed by atoms with van der Waals surface area (Å²) in [5.74, 6) is 1.28. The van der Waals surface area contributed by atoms with Crippen LogP contribution in [0.15, 0.2) is 29.0 Å². The van der Waals surface area contributed by atoms with Crippen LogP contribution >= 0.6 is 12.4 Å². The normalized spacial score (nSPS) is 17.2. The van der Waals surface area contributed by atoms with E-state index in [9.17, 15) is 0 Å². The van der Waals surface area contributed by atoms with E-state index in [-0.39, 0.29) is 17.8 Å². The molecule has 1 aliphatic rings. The van der Waals surface area contributed by atoms with Crippen molar-refractivity contribution in [3.63, 3.8) is 0 Å². The van der Waals surface area contributed by atoms with Crippen LogP contribution < -0.4 is 5.32 Å². The number of hydrogen-bond acceptors (Lipinski definition) is 6. The molecule has 0 atom stereocenters. The topological polar surface area (TPSA) is 73.1 Å². The van der Waals surface area contributed by atoms with Crippen LogP contribution in [0.3, 0.4) is 0 Å². The van der Waals surface area contributed by atoms with Gasteiger partial charge in [-0.25, -0.2) is 0 Å². The number of halogens is 1. The highest BCUT2D eigenvalue weighted by atomic mass is 35.5. The van der Waals surface area contributed by atoms with E-state index < -0.39 is 0 Å². The van der Waals surface area contributed by atoms with E-state index in [0.29, 0.717) is 18.3 Å². The fourth-order valence-corrected chi connectivity index (χ4v) is 2.66. The summed E-state index contributed by atoms with van der Waals surface area (Å²) in [5.41, 5.74) is 0.745. The molecule has 2 aromatic heterocycles. The second-order valence-electron chi connectivity index (χ2n) is 5.12. The van der Waals surface area contributed by atoms with Crippen LogP contribution in [0.5, 0.6) is 0 Å². The number of piperidine rings is 1. The molecule has 0 unspecified atom stereocenters. The summed E-state index contributed by atoms with van der Waals surface area (Å²) in [6.07, 6.45) is 5.33. The maximum absolute atomic E-state index is 5.53. The largest absolute Gasteiger partial charge is 0.384 e. The van der Waals surface area contributed by atoms with Crippen molar-refractivity contribution in [3.05, 3.63) is 30.4 Å². The van der Waals surface area contributed by atoms with Gasteiger partial charge in [0.2, 0.25) is 11.7 Å². The van der Waals surface area contributed by atoms with Crippen molar-refractivity contribution < 1.29 is 9.26 Å². The third kappa shape index (κ3) is 3.23. The van der Waals surface area contributed by atoms with E-state index in [4.69, 9.17) is 9.26 Å². The van der Waals surface area contributed by atoms with Gasteiger partial charge in [-0.2, -0.15) is 4.98 Å². The Labute approximate surface area is 129 Å². The van der Waals surface area contributed by atoms with Gasteiger partial charge in [-0.05, 0) is 38.1 Å². The molecule has 0 aromatic carbocycles. The van der Waals surface area contributed by atoms with Gasteiger partial charge in [0, 0.05) is 25.1 Å². The molecule has 0 saturated carbocycles. The Kier molecular flexibility index (Phi) is 5.27. The highest BCUT2D eigenvalue weighted by Gasteiger charge is 2.39. The molecule has 0 bridgehead atoms. The predicted molar refractivity (Wildman–Crippen MR) is 80.4 cm³/mol. The third-order valence-corrected chi connectivity index (χ3v) is 3.80. The Bertz CT molecular complexity index is 550. The van der Waals surface area contributed by atoms with Gasteiger partial charge in [-0.3, -0.25) is 4.98 Å². The van der Waals surface area contributed by atoms with Gasteiger partial charge < -0.3 is 14.6 Å². The smallest absolute Gasteiger partial charge is 0.235 e. The van der Waals surface area contributed by atoms with E-state index in [0.717, 1.165) is 31.5 Å². The highest BCUT2D eigenvalue weighted by molar-refractivity contribution is 5.85. The number of methoxy groups -OCH3 is 1. The molecule has 6 nitrogen and oxygen atoms in total. The molecule has 1 N–H and O–H groups in total. The number of pyridine rings is 1. The van der Waals surface area contributed by atoms with Crippen molar-refractivity contribution in [2.45, 2.75) is 18.3 Å². The third-order valence-electron chi connectivity index (χ3n) is 3.80. The Balaban J connectivity index is 0.00000161. The number of hydrogen-bond donors (Lipinski definition) is 1. The second-order valence-corrected chi connectivity index (χ2v) is 5.12. The molecule has 1 saturated heterocycles. The number of aromatic nitrogens is 3. The van der Waals surface area contributed by atoms with Crippen molar-refractivity contribution in [2.24, 2.45) is 0 Å². The van der Waals surface area contributed by atoms with Crippen LogP contribution in [0, 0.1) is 0 Å². The van der Waals surface area contributed by atoms with Gasteiger partial charge in [0.15, 0.2) is 0 Å². The summed E-state index contributed by atoms with van der Waals surface area (Å²) >= 11 is 0. The van der Waals surface area contributed by atoms with E-state index in [1.54, 1.807) is 19.5 Å². The zero-order valence-corrected chi connectivity index (χ0v) is 12.7. The molecule has 1 fully saturated rings. The zero-order chi connectivity index (χ0) is 13.8. The predicted octanol–water partition coefficient (Wildman–Crippen LogP) is 1.82. The van der Waals surface area contributed by atoms with Crippen molar-refractivity contribution >= 4 is 12.4 Å². The Morgan fingerprint density at radius 3 is 2.67 bits per heavy atom. The molecular weight excluding hydrogens is 292 g/mol. The van der Waals surface area contributed by atoms with Crippen molar-refractivity contribution in [2.75, 3.05) is 26.8 Å². The second kappa shape index (κ2) is 6.98. The van der Waals surface area contributed by atoms with Gasteiger partial charge in [-0.15, -0.1) is 12.4 Å². The van der Waals surface area contributed by atoms with Crippen molar-refractivity contribution in [3.8, 4) is 11.4 Å². The summed E-state index contributed by atoms with van der Waals surface area (Å²) in [6, 6.07) is 3.75. The van der Waals surface area contributed by atoms with Gasteiger partial charge in [0.1, 0.15) is 0 Å². The minimum Gasteiger partial charge on any atom is -0.384 e. The van der Waals surface area contributed by atoms with E-state index in [1.165, 1.54) is 0 Å². The first-order chi connectivity index (χ1) is 9.84. The van der Waals surface area contributed by atoms with Crippen LogP contribution in [-0.2, 0) is 10.2 Å². The maximum atomic E-state index is 5.53. The molecule has 3 rings (SSSR count). The monoisotopic (exact) mass is 310 g/mol. The lowest BCUT2D eigenvalue weighted by Crippen LogP contribution is -2.43. The van der Waals surface area contributed by atoms with Crippen LogP contribution in [0.25, 0.3) is 11.4 Å². The fraction of sp³-hybridized carbons (Fsp3) is 0.500. The molecule has 7 heteroatoms. The minimum atomic E-state index is -0.168. The average Bonchev–Trinajstić information content (AvgIpc) is 3.00. The molecule has 1 aliphatic heterocycles. The number of rotatable bonds is 4. The lowest BCUT2D eigenvalue weighted by Gasteiger charge is -2.33. The first-order valence-corrected chi connectivity index (χ1v) is 6.78. The molecule has 0 spiro atoms. The minimum absolute atomic E-state index is 0. The lowest BCUT2D eigenvalue weighted by atomic mass is 9.79. The van der Waals surface area contributed by atoms with Crippen molar-refractivity contribution in [1.29, 1.82) is 0 Å². The highest BCUT2D eigenvalue weighted by Crippen LogP contribution is 2.33. The Hall–Kier alpha value is -1.50. The molecule has 21 heavy (non-hydrogen) atoms. The van der Waals surface area contributed by atoms with Crippen LogP contribution in [0.4, 0.5) is 0 Å². The van der Waals surface area contributed by atoms with Crippen LogP contribution in [0.2, 0.25) is 0 Å². The van der Waals surface area contributed by atoms with E-state index in [1.807, 2.05) is 12.1 Å². The zero-order valence-electron chi connectivity index (χ0n) is 11.9.